The van der Waals surface area contributed by atoms with Crippen LogP contribution in [0.3, 0.4) is 0 Å². The third kappa shape index (κ3) is 5.78. The third-order valence-corrected chi connectivity index (χ3v) is 8.34. The number of amides is 1. The number of para-hydroxylation sites is 1. The van der Waals surface area contributed by atoms with E-state index in [-0.39, 0.29) is 4.90 Å². The van der Waals surface area contributed by atoms with Crippen LogP contribution in [0, 0.1) is 20.8 Å². The molecule has 0 unspecified atom stereocenters. The van der Waals surface area contributed by atoms with Crippen LogP contribution < -0.4 is 9.73 Å². The maximum absolute atomic E-state index is 13.5. The highest BCUT2D eigenvalue weighted by Gasteiger charge is 2.28. The van der Waals surface area contributed by atoms with E-state index in [1.165, 1.54) is 24.4 Å². The van der Waals surface area contributed by atoms with Gasteiger partial charge in [0.25, 0.3) is 15.9 Å². The number of carbonyl (C=O) groups is 1. The van der Waals surface area contributed by atoms with Crippen LogP contribution in [0.4, 0.5) is 5.69 Å². The fraction of sp³-hybridized carbons (Fsp3) is 0.143. The number of hydrogen-bond acceptors (Lipinski definition) is 4. The maximum Gasteiger partial charge on any atom is 0.264 e. The van der Waals surface area contributed by atoms with E-state index < -0.39 is 22.5 Å². The van der Waals surface area contributed by atoms with Crippen molar-refractivity contribution < 1.29 is 13.2 Å². The molecule has 196 valence electrons. The average molecular weight is 570 g/mol. The minimum Gasteiger partial charge on any atom is -0.316 e. The zero-order valence-corrected chi connectivity index (χ0v) is 23.3. The lowest BCUT2D eigenvalue weighted by atomic mass is 10.2. The standard InChI is InChI=1S/C28H26Cl2N4O3S/c1-19-13-14-23(29)16-27(19)33(38(36,37)24-9-5-4-6-10-24)18-28(35)32-31-17-22-15-20(2)34(21(22)3)26-12-8-7-11-25(26)30/h4-17H,18H2,1-3H3,(H,32,35)/b31-17+. The van der Waals surface area contributed by atoms with Gasteiger partial charge in [0, 0.05) is 22.0 Å². The Balaban J connectivity index is 1.58. The molecule has 3 aromatic carbocycles. The number of nitrogens with zero attached hydrogens (tertiary/aromatic N) is 3. The molecule has 4 aromatic rings. The van der Waals surface area contributed by atoms with E-state index in [0.29, 0.717) is 21.3 Å². The number of aryl methyl sites for hydroxylation is 2. The van der Waals surface area contributed by atoms with E-state index >= 15 is 0 Å². The topological polar surface area (TPSA) is 83.8 Å². The van der Waals surface area contributed by atoms with Gasteiger partial charge < -0.3 is 4.57 Å². The lowest BCUT2D eigenvalue weighted by Gasteiger charge is -2.25. The quantitative estimate of drug-likeness (QED) is 0.207. The van der Waals surface area contributed by atoms with E-state index in [2.05, 4.69) is 10.5 Å². The van der Waals surface area contributed by atoms with E-state index in [1.54, 1.807) is 37.3 Å². The van der Waals surface area contributed by atoms with Gasteiger partial charge in [0.2, 0.25) is 0 Å². The maximum atomic E-state index is 13.5. The number of halogens is 2. The van der Waals surface area contributed by atoms with E-state index in [4.69, 9.17) is 23.2 Å². The molecule has 1 amide bonds. The van der Waals surface area contributed by atoms with Gasteiger partial charge in [0.1, 0.15) is 6.54 Å². The van der Waals surface area contributed by atoms with Gasteiger partial charge in [0.05, 0.1) is 27.5 Å². The highest BCUT2D eigenvalue weighted by Crippen LogP contribution is 2.29. The first-order valence-electron chi connectivity index (χ1n) is 11.7. The van der Waals surface area contributed by atoms with Crippen molar-refractivity contribution in [3.8, 4) is 5.69 Å². The molecule has 0 aliphatic rings. The number of sulfonamides is 1. The Labute approximate surface area is 232 Å². The number of hydrazone groups is 1. The fourth-order valence-corrected chi connectivity index (χ4v) is 6.02. The second-order valence-electron chi connectivity index (χ2n) is 8.66. The van der Waals surface area contributed by atoms with Crippen molar-refractivity contribution in [3.05, 3.63) is 111 Å². The first-order chi connectivity index (χ1) is 18.1. The summed E-state index contributed by atoms with van der Waals surface area (Å²) in [5.41, 5.74) is 6.86. The SMILES string of the molecule is Cc1ccc(Cl)cc1N(CC(=O)N/N=C/c1cc(C)n(-c2ccccc2Cl)c1C)S(=O)(=O)c1ccccc1. The smallest absolute Gasteiger partial charge is 0.264 e. The van der Waals surface area contributed by atoms with Gasteiger partial charge in [-0.15, -0.1) is 0 Å². The molecule has 0 aliphatic heterocycles. The molecule has 0 bridgehead atoms. The summed E-state index contributed by atoms with van der Waals surface area (Å²) in [6.07, 6.45) is 1.52. The summed E-state index contributed by atoms with van der Waals surface area (Å²) in [6.45, 7) is 5.14. The highest BCUT2D eigenvalue weighted by molar-refractivity contribution is 7.92. The van der Waals surface area contributed by atoms with Gasteiger partial charge in [-0.2, -0.15) is 5.10 Å². The first-order valence-corrected chi connectivity index (χ1v) is 13.9. The fourth-order valence-electron chi connectivity index (χ4n) is 4.13. The average Bonchev–Trinajstić information content (AvgIpc) is 3.17. The van der Waals surface area contributed by atoms with Crippen LogP contribution in [-0.4, -0.2) is 31.7 Å². The summed E-state index contributed by atoms with van der Waals surface area (Å²) in [5, 5.41) is 5.06. The molecule has 0 aliphatic carbocycles. The van der Waals surface area contributed by atoms with Crippen molar-refractivity contribution >= 4 is 51.0 Å². The van der Waals surface area contributed by atoms with Gasteiger partial charge in [-0.05, 0) is 68.8 Å². The summed E-state index contributed by atoms with van der Waals surface area (Å²) in [6, 6.07) is 22.3. The summed E-state index contributed by atoms with van der Waals surface area (Å²) >= 11 is 12.6. The molecule has 1 N–H and O–H groups in total. The molecular weight excluding hydrogens is 543 g/mol. The Morgan fingerprint density at radius 2 is 1.66 bits per heavy atom. The largest absolute Gasteiger partial charge is 0.316 e. The molecule has 0 saturated heterocycles. The number of rotatable bonds is 8. The number of aromatic nitrogens is 1. The Hall–Kier alpha value is -3.59. The number of benzene rings is 3. The lowest BCUT2D eigenvalue weighted by Crippen LogP contribution is -2.40. The summed E-state index contributed by atoms with van der Waals surface area (Å²) in [4.78, 5) is 13.0. The highest BCUT2D eigenvalue weighted by atomic mass is 35.5. The molecule has 10 heteroatoms. The van der Waals surface area contributed by atoms with Crippen LogP contribution in [0.15, 0.2) is 88.9 Å². The normalized spacial score (nSPS) is 11.6. The van der Waals surface area contributed by atoms with Crippen LogP contribution >= 0.6 is 23.2 Å². The molecule has 0 atom stereocenters. The second kappa shape index (κ2) is 11.4. The zero-order valence-electron chi connectivity index (χ0n) is 21.0. The van der Waals surface area contributed by atoms with Gasteiger partial charge in [0.15, 0.2) is 0 Å². The minimum atomic E-state index is -4.06. The number of nitrogens with one attached hydrogen (secondary N) is 1. The van der Waals surface area contributed by atoms with Gasteiger partial charge in [-0.25, -0.2) is 13.8 Å². The molecule has 0 saturated carbocycles. The molecule has 1 aromatic heterocycles. The Morgan fingerprint density at radius 1 is 0.974 bits per heavy atom. The molecule has 0 radical (unpaired) electrons. The third-order valence-electron chi connectivity index (χ3n) is 6.01. The van der Waals surface area contributed by atoms with Crippen molar-refractivity contribution in [2.45, 2.75) is 25.7 Å². The molecule has 0 spiro atoms. The van der Waals surface area contributed by atoms with Crippen LogP contribution in [0.25, 0.3) is 5.69 Å². The van der Waals surface area contributed by atoms with Crippen LogP contribution in [-0.2, 0) is 14.8 Å². The van der Waals surface area contributed by atoms with Crippen molar-refractivity contribution in [2.24, 2.45) is 5.10 Å². The predicted octanol–water partition coefficient (Wildman–Crippen LogP) is 6.05. The van der Waals surface area contributed by atoms with Crippen LogP contribution in [0.1, 0.15) is 22.5 Å². The van der Waals surface area contributed by atoms with E-state index in [1.807, 2.05) is 48.7 Å². The number of anilines is 1. The molecular formula is C28H26Cl2N4O3S. The Bertz CT molecular complexity index is 1620. The van der Waals surface area contributed by atoms with Gasteiger partial charge >= 0.3 is 0 Å². The molecule has 38 heavy (non-hydrogen) atoms. The molecule has 0 fully saturated rings. The summed E-state index contributed by atoms with van der Waals surface area (Å²) in [7, 11) is -4.06. The van der Waals surface area contributed by atoms with Crippen LogP contribution in [0.2, 0.25) is 10.0 Å². The molecule has 7 nitrogen and oxygen atoms in total. The minimum absolute atomic E-state index is 0.0580. The number of carbonyl (C=O) groups excluding carboxylic acids is 1. The predicted molar refractivity (Wildman–Crippen MR) is 153 cm³/mol. The molecule has 4 rings (SSSR count). The van der Waals surface area contributed by atoms with E-state index in [9.17, 15) is 13.2 Å². The molecule has 1 heterocycles. The zero-order chi connectivity index (χ0) is 27.4. The second-order valence-corrected chi connectivity index (χ2v) is 11.4. The van der Waals surface area contributed by atoms with E-state index in [0.717, 1.165) is 26.9 Å². The first kappa shape index (κ1) is 27.4. The van der Waals surface area contributed by atoms with Crippen LogP contribution in [0.5, 0.6) is 0 Å². The monoisotopic (exact) mass is 568 g/mol. The van der Waals surface area contributed by atoms with Crippen molar-refractivity contribution in [1.82, 2.24) is 9.99 Å². The Morgan fingerprint density at radius 3 is 2.37 bits per heavy atom. The van der Waals surface area contributed by atoms with Crippen molar-refractivity contribution in [3.63, 3.8) is 0 Å². The van der Waals surface area contributed by atoms with Crippen molar-refractivity contribution in [1.29, 1.82) is 0 Å². The van der Waals surface area contributed by atoms with Gasteiger partial charge in [-0.3, -0.25) is 9.10 Å². The summed E-state index contributed by atoms with van der Waals surface area (Å²) in [5.74, 6) is -0.611. The van der Waals surface area contributed by atoms with Crippen molar-refractivity contribution in [2.75, 3.05) is 10.8 Å². The summed E-state index contributed by atoms with van der Waals surface area (Å²) < 4.78 is 30.1. The lowest BCUT2D eigenvalue weighted by molar-refractivity contribution is -0.119. The van der Waals surface area contributed by atoms with Gasteiger partial charge in [-0.1, -0.05) is 59.6 Å². The number of hydrogen-bond donors (Lipinski definition) is 1. The Kier molecular flexibility index (Phi) is 8.26.